The minimum Gasteiger partial charge on any atom is -0.512 e. The van der Waals surface area contributed by atoms with E-state index in [0.717, 1.165) is 71.2 Å². The van der Waals surface area contributed by atoms with Crippen molar-refractivity contribution in [2.75, 3.05) is 0 Å². The summed E-state index contributed by atoms with van der Waals surface area (Å²) in [6, 6.07) is 25.5. The molecule has 6 heteroatoms. The summed E-state index contributed by atoms with van der Waals surface area (Å²) in [7, 11) is 0. The molecule has 0 spiro atoms. The molecule has 0 aliphatic rings. The van der Waals surface area contributed by atoms with Gasteiger partial charge in [0.25, 0.3) is 0 Å². The van der Waals surface area contributed by atoms with Crippen molar-refractivity contribution in [3.63, 3.8) is 0 Å². The Hall–Kier alpha value is -3.57. The van der Waals surface area contributed by atoms with E-state index in [2.05, 4.69) is 114 Å². The summed E-state index contributed by atoms with van der Waals surface area (Å²) in [5.74, 6) is 1.94. The molecule has 0 saturated carbocycles. The number of aryl methyl sites for hydroxylation is 1. The van der Waals surface area contributed by atoms with E-state index in [4.69, 9.17) is 9.40 Å². The van der Waals surface area contributed by atoms with Crippen LogP contribution in [0.1, 0.15) is 119 Å². The Balaban J connectivity index is 0.000000320. The van der Waals surface area contributed by atoms with Crippen LogP contribution in [0.15, 0.2) is 82.3 Å². The molecule has 1 N–H and O–H groups in total. The molecule has 295 valence electrons. The van der Waals surface area contributed by atoms with E-state index in [-0.39, 0.29) is 47.9 Å². The summed E-state index contributed by atoms with van der Waals surface area (Å²) in [5.41, 5.74) is 8.29. The van der Waals surface area contributed by atoms with Crippen LogP contribution < -0.4 is 0 Å². The van der Waals surface area contributed by atoms with Crippen molar-refractivity contribution in [1.29, 1.82) is 0 Å². The van der Waals surface area contributed by atoms with Gasteiger partial charge in [0.15, 0.2) is 5.78 Å². The average Bonchev–Trinajstić information content (AvgIpc) is 3.76. The normalized spacial score (nSPS) is 12.6. The predicted molar refractivity (Wildman–Crippen MR) is 232 cm³/mol. The minimum atomic E-state index is -0.337. The molecular weight excluding hydrogens is 875 g/mol. The standard InChI is InChI=1S/C34H32NOS.C15H28O2.Ir/c1-20(2)15-31-21(3)25-12-11-23(18-32(25)36-31)27-19-30(35-29-13-14-37-33(27)29)24-16-22-9-7-8-10-26(22)28(17-24)34(4,5)6;1-7-14(5,8-2)12(16)11-13(17)15(6,9-3)10-4;/h7-14,17-20H,15H2,1-6H3;11,16H,7-10H2,1-6H3;/q-1;;/b;12-11-;. The number of furan rings is 1. The van der Waals surface area contributed by atoms with Crippen molar-refractivity contribution in [3.05, 3.63) is 101 Å². The number of aromatic nitrogens is 1. The van der Waals surface area contributed by atoms with Crippen LogP contribution >= 0.6 is 11.3 Å². The SMILES string of the molecule is CCC(C)(CC)C(=O)/C=C(\O)C(C)(CC)CC.Cc1c(CC(C)C)oc2cc(-c3cc(-c4[c-]c5ccccc5c(C(C)(C)C)c4)nc4ccsc34)ccc12.[Ir]. The van der Waals surface area contributed by atoms with Gasteiger partial charge in [-0.15, -0.1) is 40.5 Å². The Morgan fingerprint density at radius 1 is 0.891 bits per heavy atom. The number of hydrogen-bond donors (Lipinski definition) is 1. The first-order valence-corrected chi connectivity index (χ1v) is 20.7. The van der Waals surface area contributed by atoms with E-state index in [9.17, 15) is 9.90 Å². The van der Waals surface area contributed by atoms with Crippen molar-refractivity contribution < 1.29 is 34.4 Å². The van der Waals surface area contributed by atoms with Crippen LogP contribution in [0.25, 0.3) is 54.3 Å². The monoisotopic (exact) mass is 935 g/mol. The van der Waals surface area contributed by atoms with Crippen molar-refractivity contribution in [1.82, 2.24) is 4.98 Å². The number of carbonyl (C=O) groups excluding carboxylic acids is 1. The Kier molecular flexibility index (Phi) is 14.2. The van der Waals surface area contributed by atoms with Crippen LogP contribution in [0.5, 0.6) is 0 Å². The van der Waals surface area contributed by atoms with Crippen molar-refractivity contribution >= 4 is 49.1 Å². The second kappa shape index (κ2) is 17.7. The molecule has 1 radical (unpaired) electrons. The molecular formula is C49H60IrNO3S-. The first-order valence-electron chi connectivity index (χ1n) is 19.8. The summed E-state index contributed by atoms with van der Waals surface area (Å²) < 4.78 is 7.56. The molecule has 0 fully saturated rings. The molecule has 3 aromatic heterocycles. The van der Waals surface area contributed by atoms with Crippen LogP contribution in [0.3, 0.4) is 0 Å². The number of thiophene rings is 1. The number of allylic oxidation sites excluding steroid dienone is 2. The molecule has 4 nitrogen and oxygen atoms in total. The number of nitrogens with zero attached hydrogens (tertiary/aromatic N) is 1. The van der Waals surface area contributed by atoms with Gasteiger partial charge in [0.2, 0.25) is 0 Å². The number of rotatable bonds is 11. The van der Waals surface area contributed by atoms with E-state index in [1.807, 2.05) is 41.5 Å². The van der Waals surface area contributed by atoms with Gasteiger partial charge in [-0.3, -0.25) is 9.78 Å². The Morgan fingerprint density at radius 3 is 2.16 bits per heavy atom. The first kappa shape index (κ1) is 44.1. The van der Waals surface area contributed by atoms with Gasteiger partial charge in [0.1, 0.15) is 17.1 Å². The summed E-state index contributed by atoms with van der Waals surface area (Å²) in [6.07, 6.45) is 5.71. The van der Waals surface area contributed by atoms with Gasteiger partial charge < -0.3 is 9.52 Å². The largest absolute Gasteiger partial charge is 0.512 e. The number of fused-ring (bicyclic) bond motifs is 3. The fourth-order valence-electron chi connectivity index (χ4n) is 6.99. The second-order valence-corrected chi connectivity index (χ2v) is 17.9. The van der Waals surface area contributed by atoms with Crippen molar-refractivity contribution in [2.24, 2.45) is 16.7 Å². The van der Waals surface area contributed by atoms with Gasteiger partial charge in [-0.2, -0.15) is 0 Å². The van der Waals surface area contributed by atoms with Crippen LogP contribution in [0, 0.1) is 29.7 Å². The van der Waals surface area contributed by atoms with Crippen LogP contribution in [-0.2, 0) is 36.7 Å². The number of aliphatic hydroxyl groups is 1. The molecule has 6 aromatic rings. The number of pyridine rings is 1. The van der Waals surface area contributed by atoms with Gasteiger partial charge in [-0.1, -0.05) is 124 Å². The quantitative estimate of drug-likeness (QED) is 0.0799. The molecule has 0 bridgehead atoms. The van der Waals surface area contributed by atoms with Gasteiger partial charge in [-0.05, 0) is 78.1 Å². The third-order valence-corrected chi connectivity index (χ3v) is 12.8. The third kappa shape index (κ3) is 9.36. The molecule has 6 rings (SSSR count). The number of hydrogen-bond acceptors (Lipinski definition) is 5. The molecule has 0 aliphatic carbocycles. The fourth-order valence-corrected chi connectivity index (χ4v) is 7.86. The summed E-state index contributed by atoms with van der Waals surface area (Å²) in [4.78, 5) is 17.3. The third-order valence-electron chi connectivity index (χ3n) is 11.8. The molecule has 3 heterocycles. The number of ketones is 1. The Bertz CT molecular complexity index is 2290. The molecule has 0 amide bonds. The molecule has 0 aliphatic heterocycles. The van der Waals surface area contributed by atoms with Crippen LogP contribution in [0.4, 0.5) is 0 Å². The number of aliphatic hydroxyl groups excluding tert-OH is 1. The molecule has 0 unspecified atom stereocenters. The second-order valence-electron chi connectivity index (χ2n) is 17.0. The van der Waals surface area contributed by atoms with Crippen LogP contribution in [0.2, 0.25) is 0 Å². The van der Waals surface area contributed by atoms with Gasteiger partial charge in [-0.25, -0.2) is 0 Å². The van der Waals surface area contributed by atoms with Gasteiger partial charge in [0, 0.05) is 54.5 Å². The van der Waals surface area contributed by atoms with Crippen molar-refractivity contribution in [2.45, 2.75) is 121 Å². The zero-order valence-electron chi connectivity index (χ0n) is 35.0. The molecule has 0 atom stereocenters. The maximum Gasteiger partial charge on any atom is 0.164 e. The zero-order chi connectivity index (χ0) is 39.6. The molecule has 3 aromatic carbocycles. The maximum atomic E-state index is 12.2. The van der Waals surface area contributed by atoms with Gasteiger partial charge >= 0.3 is 0 Å². The van der Waals surface area contributed by atoms with Gasteiger partial charge in [0.05, 0.1) is 10.2 Å². The van der Waals surface area contributed by atoms with E-state index in [0.29, 0.717) is 5.92 Å². The summed E-state index contributed by atoms with van der Waals surface area (Å²) in [5, 5.41) is 15.9. The Morgan fingerprint density at radius 2 is 1.55 bits per heavy atom. The van der Waals surface area contributed by atoms with Crippen molar-refractivity contribution in [3.8, 4) is 22.4 Å². The number of benzene rings is 3. The molecule has 55 heavy (non-hydrogen) atoms. The first-order chi connectivity index (χ1) is 25.5. The van der Waals surface area contributed by atoms with E-state index >= 15 is 0 Å². The smallest absolute Gasteiger partial charge is 0.164 e. The fraction of sp³-hybridized carbons (Fsp3) is 0.429. The number of carbonyl (C=O) groups is 1. The van der Waals surface area contributed by atoms with E-state index < -0.39 is 0 Å². The topological polar surface area (TPSA) is 63.3 Å². The van der Waals surface area contributed by atoms with E-state index in [1.54, 1.807) is 11.3 Å². The summed E-state index contributed by atoms with van der Waals surface area (Å²) in [6.45, 7) is 25.5. The molecule has 0 saturated heterocycles. The minimum absolute atomic E-state index is 0. The maximum absolute atomic E-state index is 12.2. The average molecular weight is 935 g/mol. The van der Waals surface area contributed by atoms with E-state index in [1.165, 1.54) is 38.2 Å². The summed E-state index contributed by atoms with van der Waals surface area (Å²) >= 11 is 1.74. The van der Waals surface area contributed by atoms with Crippen LogP contribution in [-0.4, -0.2) is 15.9 Å². The predicted octanol–water partition coefficient (Wildman–Crippen LogP) is 14.8. The zero-order valence-corrected chi connectivity index (χ0v) is 38.2. The Labute approximate surface area is 347 Å².